The minimum Gasteiger partial charge on any atom is -0.388 e. The Labute approximate surface area is 170 Å². The van der Waals surface area contributed by atoms with E-state index in [1.165, 1.54) is 5.56 Å². The Morgan fingerprint density at radius 2 is 2.04 bits per heavy atom. The van der Waals surface area contributed by atoms with Gasteiger partial charge >= 0.3 is 0 Å². The third kappa shape index (κ3) is 6.50. The van der Waals surface area contributed by atoms with E-state index >= 15 is 0 Å². The van der Waals surface area contributed by atoms with Gasteiger partial charge in [0.05, 0.1) is 12.1 Å². The number of ether oxygens (including phenoxy) is 1. The maximum Gasteiger partial charge on any atom is 0.194 e. The zero-order chi connectivity index (χ0) is 16.7. The number of hydrogen-bond donors (Lipinski definition) is 2. The zero-order valence-corrected chi connectivity index (χ0v) is 18.2. The Balaban J connectivity index is 0.00000288. The number of rotatable bonds is 5. The Morgan fingerprint density at radius 3 is 2.67 bits per heavy atom. The maximum absolute atomic E-state index is 10.6. The summed E-state index contributed by atoms with van der Waals surface area (Å²) in [7, 11) is 2.01. The van der Waals surface area contributed by atoms with E-state index in [1.54, 1.807) is 0 Å². The quantitative estimate of drug-likeness (QED) is 0.362. The standard InChI is InChI=1S/C17H26BrN3O2.HI/c1-3-19-16(20-13-17(22)8-10-23-11-9-17)21(2)12-14-6-4-5-7-15(14)18;/h4-7,22H,3,8-13H2,1-2H3,(H,19,20);1H. The molecule has 0 radical (unpaired) electrons. The zero-order valence-electron chi connectivity index (χ0n) is 14.3. The molecule has 1 aliphatic rings. The Morgan fingerprint density at radius 1 is 1.38 bits per heavy atom. The van der Waals surface area contributed by atoms with E-state index in [4.69, 9.17) is 4.74 Å². The predicted molar refractivity (Wildman–Crippen MR) is 112 cm³/mol. The van der Waals surface area contributed by atoms with Gasteiger partial charge in [-0.3, -0.25) is 4.99 Å². The fourth-order valence-corrected chi connectivity index (χ4v) is 2.97. The third-order valence-electron chi connectivity index (χ3n) is 4.01. The number of aliphatic imine (C=N–C) groups is 1. The molecule has 0 unspecified atom stereocenters. The summed E-state index contributed by atoms with van der Waals surface area (Å²) in [6.07, 6.45) is 1.29. The minimum absolute atomic E-state index is 0. The van der Waals surface area contributed by atoms with Gasteiger partial charge in [-0.1, -0.05) is 34.1 Å². The van der Waals surface area contributed by atoms with Crippen molar-refractivity contribution in [3.05, 3.63) is 34.3 Å². The number of hydrogen-bond acceptors (Lipinski definition) is 3. The Bertz CT molecular complexity index is 536. The maximum atomic E-state index is 10.6. The number of aliphatic hydroxyl groups is 1. The van der Waals surface area contributed by atoms with Gasteiger partial charge in [-0.25, -0.2) is 0 Å². The molecule has 0 saturated carbocycles. The van der Waals surface area contributed by atoms with Crippen LogP contribution in [0.3, 0.4) is 0 Å². The molecule has 5 nitrogen and oxygen atoms in total. The lowest BCUT2D eigenvalue weighted by Gasteiger charge is -2.31. The molecule has 0 aliphatic carbocycles. The molecule has 0 amide bonds. The topological polar surface area (TPSA) is 57.1 Å². The van der Waals surface area contributed by atoms with Crippen LogP contribution in [0.5, 0.6) is 0 Å². The largest absolute Gasteiger partial charge is 0.388 e. The molecule has 1 fully saturated rings. The van der Waals surface area contributed by atoms with E-state index in [0.29, 0.717) is 32.6 Å². The summed E-state index contributed by atoms with van der Waals surface area (Å²) < 4.78 is 6.41. The first-order valence-electron chi connectivity index (χ1n) is 8.07. The first kappa shape index (κ1) is 21.7. The number of nitrogens with one attached hydrogen (secondary N) is 1. The van der Waals surface area contributed by atoms with Gasteiger partial charge in [0.15, 0.2) is 5.96 Å². The molecule has 136 valence electrons. The second kappa shape index (κ2) is 10.6. The van der Waals surface area contributed by atoms with Crippen molar-refractivity contribution in [3.8, 4) is 0 Å². The van der Waals surface area contributed by atoms with Crippen LogP contribution < -0.4 is 5.32 Å². The van der Waals surface area contributed by atoms with Crippen molar-refractivity contribution < 1.29 is 9.84 Å². The average Bonchev–Trinajstić information content (AvgIpc) is 2.54. The molecule has 24 heavy (non-hydrogen) atoms. The summed E-state index contributed by atoms with van der Waals surface area (Å²) in [6.45, 7) is 5.20. The van der Waals surface area contributed by atoms with Crippen LogP contribution >= 0.6 is 39.9 Å². The average molecular weight is 512 g/mol. The van der Waals surface area contributed by atoms with Crippen LogP contribution in [0, 0.1) is 0 Å². The van der Waals surface area contributed by atoms with E-state index in [0.717, 1.165) is 23.5 Å². The third-order valence-corrected chi connectivity index (χ3v) is 4.78. The van der Waals surface area contributed by atoms with Gasteiger partial charge < -0.3 is 20.1 Å². The molecule has 1 aromatic carbocycles. The summed E-state index contributed by atoms with van der Waals surface area (Å²) in [5.74, 6) is 0.808. The lowest BCUT2D eigenvalue weighted by atomic mass is 9.95. The van der Waals surface area contributed by atoms with Crippen LogP contribution in [0.15, 0.2) is 33.7 Å². The van der Waals surface area contributed by atoms with Gasteiger partial charge in [0.2, 0.25) is 0 Å². The SMILES string of the molecule is CCNC(=NCC1(O)CCOCC1)N(C)Cc1ccccc1Br.I. The van der Waals surface area contributed by atoms with Crippen molar-refractivity contribution in [1.82, 2.24) is 10.2 Å². The molecule has 1 aromatic rings. The predicted octanol–water partition coefficient (Wildman–Crippen LogP) is 3.01. The van der Waals surface area contributed by atoms with Crippen LogP contribution in [-0.4, -0.2) is 54.9 Å². The van der Waals surface area contributed by atoms with Gasteiger partial charge in [-0.2, -0.15) is 0 Å². The fraction of sp³-hybridized carbons (Fsp3) is 0.588. The van der Waals surface area contributed by atoms with Crippen molar-refractivity contribution in [2.75, 3.05) is 33.4 Å². The van der Waals surface area contributed by atoms with Crippen molar-refractivity contribution >= 4 is 45.9 Å². The monoisotopic (exact) mass is 511 g/mol. The normalized spacial score (nSPS) is 17.1. The van der Waals surface area contributed by atoms with Gasteiger partial charge in [0, 0.05) is 50.7 Å². The van der Waals surface area contributed by atoms with Crippen LogP contribution in [-0.2, 0) is 11.3 Å². The van der Waals surface area contributed by atoms with Crippen LogP contribution in [0.2, 0.25) is 0 Å². The number of nitrogens with zero attached hydrogens (tertiary/aromatic N) is 2. The second-order valence-electron chi connectivity index (χ2n) is 5.95. The van der Waals surface area contributed by atoms with Gasteiger partial charge in [-0.15, -0.1) is 24.0 Å². The molecular formula is C17H27BrIN3O2. The number of guanidine groups is 1. The summed E-state index contributed by atoms with van der Waals surface area (Å²) in [6, 6.07) is 8.17. The second-order valence-corrected chi connectivity index (χ2v) is 6.81. The van der Waals surface area contributed by atoms with Crippen LogP contribution in [0.1, 0.15) is 25.3 Å². The molecule has 1 heterocycles. The van der Waals surface area contributed by atoms with Crippen LogP contribution in [0.4, 0.5) is 0 Å². The molecule has 7 heteroatoms. The molecule has 1 saturated heterocycles. The number of halogens is 2. The molecule has 2 rings (SSSR count). The molecule has 0 spiro atoms. The highest BCUT2D eigenvalue weighted by Crippen LogP contribution is 2.21. The molecule has 0 bridgehead atoms. The molecule has 1 aliphatic heterocycles. The van der Waals surface area contributed by atoms with Gasteiger partial charge in [0.25, 0.3) is 0 Å². The highest BCUT2D eigenvalue weighted by Gasteiger charge is 2.29. The summed E-state index contributed by atoms with van der Waals surface area (Å²) >= 11 is 3.58. The van der Waals surface area contributed by atoms with Crippen molar-refractivity contribution in [2.45, 2.75) is 31.9 Å². The van der Waals surface area contributed by atoms with E-state index < -0.39 is 5.60 Å². The van der Waals surface area contributed by atoms with Crippen molar-refractivity contribution in [1.29, 1.82) is 0 Å². The molecule has 0 aromatic heterocycles. The van der Waals surface area contributed by atoms with Crippen molar-refractivity contribution in [2.24, 2.45) is 4.99 Å². The molecule has 0 atom stereocenters. The first-order chi connectivity index (χ1) is 11.0. The molecule has 2 N–H and O–H groups in total. The first-order valence-corrected chi connectivity index (χ1v) is 8.86. The molecular weight excluding hydrogens is 485 g/mol. The highest BCUT2D eigenvalue weighted by molar-refractivity contribution is 14.0. The van der Waals surface area contributed by atoms with E-state index in [-0.39, 0.29) is 24.0 Å². The van der Waals surface area contributed by atoms with Gasteiger partial charge in [0.1, 0.15) is 0 Å². The smallest absolute Gasteiger partial charge is 0.194 e. The summed E-state index contributed by atoms with van der Waals surface area (Å²) in [5, 5.41) is 13.9. The van der Waals surface area contributed by atoms with Crippen LogP contribution in [0.25, 0.3) is 0 Å². The fourth-order valence-electron chi connectivity index (χ4n) is 2.56. The van der Waals surface area contributed by atoms with E-state index in [2.05, 4.69) is 37.2 Å². The summed E-state index contributed by atoms with van der Waals surface area (Å²) in [5.41, 5.74) is 0.456. The van der Waals surface area contributed by atoms with Crippen molar-refractivity contribution in [3.63, 3.8) is 0 Å². The Kier molecular flexibility index (Phi) is 9.54. The number of benzene rings is 1. The Hall–Kier alpha value is -0.380. The van der Waals surface area contributed by atoms with Gasteiger partial charge in [-0.05, 0) is 18.6 Å². The summed E-state index contributed by atoms with van der Waals surface area (Å²) in [4.78, 5) is 6.72. The minimum atomic E-state index is -0.743. The lowest BCUT2D eigenvalue weighted by molar-refractivity contribution is -0.0566. The van der Waals surface area contributed by atoms with E-state index in [9.17, 15) is 5.11 Å². The lowest BCUT2D eigenvalue weighted by Crippen LogP contribution is -2.43. The van der Waals surface area contributed by atoms with E-state index in [1.807, 2.05) is 32.2 Å². The highest BCUT2D eigenvalue weighted by atomic mass is 127.